The van der Waals surface area contributed by atoms with E-state index in [-0.39, 0.29) is 0 Å². The summed E-state index contributed by atoms with van der Waals surface area (Å²) in [6.07, 6.45) is 7.66. The Kier molecular flexibility index (Phi) is 6.56. The van der Waals surface area contributed by atoms with Gasteiger partial charge in [0.15, 0.2) is 0 Å². The van der Waals surface area contributed by atoms with Crippen molar-refractivity contribution in [3.8, 4) is 0 Å². The summed E-state index contributed by atoms with van der Waals surface area (Å²) in [5.41, 5.74) is 5.57. The standard InChI is InChI=1S/C14H28N2O/c1-3-12(2)11-14(17)16(10-6-9-15)13-7-4-5-8-13/h12-13H,3-11,15H2,1-2H3. The Bertz CT molecular complexity index is 224. The van der Waals surface area contributed by atoms with Crippen LogP contribution in [0, 0.1) is 5.92 Å². The minimum Gasteiger partial charge on any atom is -0.340 e. The van der Waals surface area contributed by atoms with Gasteiger partial charge in [0.2, 0.25) is 5.91 Å². The molecular weight excluding hydrogens is 212 g/mol. The number of hydrogen-bond acceptors (Lipinski definition) is 2. The average molecular weight is 240 g/mol. The van der Waals surface area contributed by atoms with Crippen molar-refractivity contribution < 1.29 is 4.79 Å². The van der Waals surface area contributed by atoms with Crippen molar-refractivity contribution in [2.45, 2.75) is 64.8 Å². The van der Waals surface area contributed by atoms with Gasteiger partial charge >= 0.3 is 0 Å². The fourth-order valence-corrected chi connectivity index (χ4v) is 2.55. The number of carbonyl (C=O) groups excluding carboxylic acids is 1. The summed E-state index contributed by atoms with van der Waals surface area (Å²) in [4.78, 5) is 14.4. The first-order chi connectivity index (χ1) is 8.19. The fourth-order valence-electron chi connectivity index (χ4n) is 2.55. The van der Waals surface area contributed by atoms with Gasteiger partial charge in [-0.3, -0.25) is 4.79 Å². The van der Waals surface area contributed by atoms with E-state index < -0.39 is 0 Å². The number of hydrogen-bond donors (Lipinski definition) is 1. The van der Waals surface area contributed by atoms with Crippen molar-refractivity contribution in [2.24, 2.45) is 11.7 Å². The van der Waals surface area contributed by atoms with Gasteiger partial charge in [-0.2, -0.15) is 0 Å². The zero-order valence-electron chi connectivity index (χ0n) is 11.5. The Morgan fingerprint density at radius 1 is 1.41 bits per heavy atom. The highest BCUT2D eigenvalue weighted by molar-refractivity contribution is 5.76. The zero-order chi connectivity index (χ0) is 12.7. The first kappa shape index (κ1) is 14.5. The van der Waals surface area contributed by atoms with Crippen molar-refractivity contribution in [3.05, 3.63) is 0 Å². The van der Waals surface area contributed by atoms with Crippen LogP contribution in [0.4, 0.5) is 0 Å². The number of rotatable bonds is 7. The lowest BCUT2D eigenvalue weighted by Gasteiger charge is -2.30. The summed E-state index contributed by atoms with van der Waals surface area (Å²) in [7, 11) is 0. The van der Waals surface area contributed by atoms with Gasteiger partial charge in [0.25, 0.3) is 0 Å². The van der Waals surface area contributed by atoms with Gasteiger partial charge in [-0.05, 0) is 31.7 Å². The molecule has 0 aromatic carbocycles. The molecule has 0 aromatic rings. The van der Waals surface area contributed by atoms with Crippen LogP contribution in [0.1, 0.15) is 58.8 Å². The number of nitrogens with two attached hydrogens (primary N) is 1. The molecule has 0 saturated heterocycles. The van der Waals surface area contributed by atoms with E-state index in [0.29, 0.717) is 30.8 Å². The van der Waals surface area contributed by atoms with Crippen LogP contribution >= 0.6 is 0 Å². The van der Waals surface area contributed by atoms with E-state index in [9.17, 15) is 4.79 Å². The first-order valence-corrected chi connectivity index (χ1v) is 7.18. The molecule has 1 fully saturated rings. The number of nitrogens with zero attached hydrogens (tertiary/aromatic N) is 1. The highest BCUT2D eigenvalue weighted by Gasteiger charge is 2.26. The van der Waals surface area contributed by atoms with Crippen LogP contribution in [0.25, 0.3) is 0 Å². The quantitative estimate of drug-likeness (QED) is 0.743. The Hall–Kier alpha value is -0.570. The van der Waals surface area contributed by atoms with E-state index in [2.05, 4.69) is 18.7 Å². The molecule has 0 spiro atoms. The van der Waals surface area contributed by atoms with Gasteiger partial charge in [0, 0.05) is 19.0 Å². The molecule has 0 aromatic heterocycles. The van der Waals surface area contributed by atoms with E-state index in [1.54, 1.807) is 0 Å². The van der Waals surface area contributed by atoms with Gasteiger partial charge in [0.05, 0.1) is 0 Å². The summed E-state index contributed by atoms with van der Waals surface area (Å²) in [5.74, 6) is 0.851. The molecule has 0 radical (unpaired) electrons. The molecule has 1 rings (SSSR count). The minimum absolute atomic E-state index is 0.347. The Morgan fingerprint density at radius 3 is 2.59 bits per heavy atom. The molecule has 1 unspecified atom stereocenters. The average Bonchev–Trinajstić information content (AvgIpc) is 2.83. The van der Waals surface area contributed by atoms with Crippen LogP contribution in [0.2, 0.25) is 0 Å². The molecule has 17 heavy (non-hydrogen) atoms. The van der Waals surface area contributed by atoms with Gasteiger partial charge < -0.3 is 10.6 Å². The Labute approximate surface area is 106 Å². The lowest BCUT2D eigenvalue weighted by Crippen LogP contribution is -2.40. The predicted molar refractivity (Wildman–Crippen MR) is 71.7 cm³/mol. The zero-order valence-corrected chi connectivity index (χ0v) is 11.5. The molecule has 2 N–H and O–H groups in total. The topological polar surface area (TPSA) is 46.3 Å². The maximum Gasteiger partial charge on any atom is 0.223 e. The molecule has 3 nitrogen and oxygen atoms in total. The second-order valence-corrected chi connectivity index (χ2v) is 5.39. The summed E-state index contributed by atoms with van der Waals surface area (Å²) >= 11 is 0. The van der Waals surface area contributed by atoms with Gasteiger partial charge in [-0.15, -0.1) is 0 Å². The predicted octanol–water partition coefficient (Wildman–Crippen LogP) is 2.54. The smallest absolute Gasteiger partial charge is 0.223 e. The Morgan fingerprint density at radius 2 is 2.06 bits per heavy atom. The third-order valence-electron chi connectivity index (χ3n) is 3.91. The highest BCUT2D eigenvalue weighted by Crippen LogP contribution is 2.25. The molecule has 1 atom stereocenters. The normalized spacial score (nSPS) is 18.3. The molecule has 100 valence electrons. The Balaban J connectivity index is 2.51. The van der Waals surface area contributed by atoms with Crippen molar-refractivity contribution in [3.63, 3.8) is 0 Å². The molecule has 1 saturated carbocycles. The second-order valence-electron chi connectivity index (χ2n) is 5.39. The molecule has 3 heteroatoms. The van der Waals surface area contributed by atoms with Crippen LogP contribution in [0.15, 0.2) is 0 Å². The third kappa shape index (κ3) is 4.66. The highest BCUT2D eigenvalue weighted by atomic mass is 16.2. The van der Waals surface area contributed by atoms with E-state index in [1.165, 1.54) is 25.7 Å². The maximum atomic E-state index is 12.3. The van der Waals surface area contributed by atoms with Crippen LogP contribution < -0.4 is 5.73 Å². The molecule has 1 aliphatic carbocycles. The van der Waals surface area contributed by atoms with Gasteiger partial charge in [0.1, 0.15) is 0 Å². The van der Waals surface area contributed by atoms with E-state index in [0.717, 1.165) is 19.4 Å². The molecule has 1 aliphatic rings. The van der Waals surface area contributed by atoms with Crippen LogP contribution in [0.5, 0.6) is 0 Å². The number of amides is 1. The fraction of sp³-hybridized carbons (Fsp3) is 0.929. The maximum absolute atomic E-state index is 12.3. The molecule has 0 bridgehead atoms. The molecule has 1 amide bonds. The summed E-state index contributed by atoms with van der Waals surface area (Å²) in [5, 5.41) is 0. The molecule has 0 heterocycles. The largest absolute Gasteiger partial charge is 0.340 e. The van der Waals surface area contributed by atoms with Crippen molar-refractivity contribution >= 4 is 5.91 Å². The van der Waals surface area contributed by atoms with Crippen LogP contribution in [-0.2, 0) is 4.79 Å². The SMILES string of the molecule is CCC(C)CC(=O)N(CCCN)C1CCCC1. The van der Waals surface area contributed by atoms with Crippen molar-refractivity contribution in [2.75, 3.05) is 13.1 Å². The summed E-state index contributed by atoms with van der Waals surface area (Å²) in [6, 6.07) is 0.498. The minimum atomic E-state index is 0.347. The van der Waals surface area contributed by atoms with Gasteiger partial charge in [-0.1, -0.05) is 33.1 Å². The van der Waals surface area contributed by atoms with E-state index >= 15 is 0 Å². The molecular formula is C14H28N2O. The lowest BCUT2D eigenvalue weighted by atomic mass is 10.0. The number of carbonyl (C=O) groups is 1. The van der Waals surface area contributed by atoms with E-state index in [4.69, 9.17) is 5.73 Å². The monoisotopic (exact) mass is 240 g/mol. The third-order valence-corrected chi connectivity index (χ3v) is 3.91. The summed E-state index contributed by atoms with van der Waals surface area (Å²) in [6.45, 7) is 5.85. The first-order valence-electron chi connectivity index (χ1n) is 7.18. The van der Waals surface area contributed by atoms with Gasteiger partial charge in [-0.25, -0.2) is 0 Å². The second kappa shape index (κ2) is 7.70. The van der Waals surface area contributed by atoms with E-state index in [1.807, 2.05) is 0 Å². The summed E-state index contributed by atoms with van der Waals surface area (Å²) < 4.78 is 0. The lowest BCUT2D eigenvalue weighted by molar-refractivity contribution is -0.134. The van der Waals surface area contributed by atoms with Crippen molar-refractivity contribution in [1.29, 1.82) is 0 Å². The van der Waals surface area contributed by atoms with Crippen LogP contribution in [-0.4, -0.2) is 29.9 Å². The van der Waals surface area contributed by atoms with Crippen LogP contribution in [0.3, 0.4) is 0 Å². The molecule has 0 aliphatic heterocycles. The van der Waals surface area contributed by atoms with Crippen molar-refractivity contribution in [1.82, 2.24) is 4.90 Å².